The molecule has 1 saturated heterocycles. The van der Waals surface area contributed by atoms with Crippen LogP contribution in [0.2, 0.25) is 0 Å². The number of nitrogens with one attached hydrogen (secondary N) is 2. The molecular formula is C20H29ClN2O2. The number of hydrogen-bond donors (Lipinski definition) is 2. The van der Waals surface area contributed by atoms with Crippen molar-refractivity contribution >= 4 is 18.3 Å². The summed E-state index contributed by atoms with van der Waals surface area (Å²) in [5, 5.41) is 6.66. The second-order valence-electron chi connectivity index (χ2n) is 7.69. The second-order valence-corrected chi connectivity index (χ2v) is 7.69. The molecule has 5 heteroatoms. The van der Waals surface area contributed by atoms with Crippen molar-refractivity contribution in [2.45, 2.75) is 63.6 Å². The zero-order valence-corrected chi connectivity index (χ0v) is 15.5. The van der Waals surface area contributed by atoms with Gasteiger partial charge in [-0.1, -0.05) is 31.0 Å². The standard InChI is InChI=1S/C20H28N2O2.ClH/c23-20(18-11-15-5-1-3-7-17(15)22-18)21-12-16-6-2-4-8-19(16)24-13-14-9-10-14;/h2,4,6,8,14-15,17-18,22H,1,3,5,7,9-13H2,(H,21,23);1H. The summed E-state index contributed by atoms with van der Waals surface area (Å²) in [7, 11) is 0. The largest absolute Gasteiger partial charge is 0.493 e. The number of benzene rings is 1. The van der Waals surface area contributed by atoms with E-state index in [1.54, 1.807) is 0 Å². The predicted molar refractivity (Wildman–Crippen MR) is 101 cm³/mol. The van der Waals surface area contributed by atoms with Crippen molar-refractivity contribution in [1.29, 1.82) is 0 Å². The maximum Gasteiger partial charge on any atom is 0.237 e. The fourth-order valence-corrected chi connectivity index (χ4v) is 4.11. The van der Waals surface area contributed by atoms with E-state index in [4.69, 9.17) is 4.74 Å². The fraction of sp³-hybridized carbons (Fsp3) is 0.650. The molecule has 3 unspecified atom stereocenters. The van der Waals surface area contributed by atoms with Crippen LogP contribution in [0.15, 0.2) is 24.3 Å². The third-order valence-electron chi connectivity index (χ3n) is 5.78. The molecule has 1 heterocycles. The smallest absolute Gasteiger partial charge is 0.237 e. The topological polar surface area (TPSA) is 50.4 Å². The lowest BCUT2D eigenvalue weighted by Crippen LogP contribution is -2.42. The van der Waals surface area contributed by atoms with Crippen LogP contribution in [0.25, 0.3) is 0 Å². The average molecular weight is 365 g/mol. The number of ether oxygens (including phenoxy) is 1. The van der Waals surface area contributed by atoms with E-state index in [9.17, 15) is 4.79 Å². The van der Waals surface area contributed by atoms with Gasteiger partial charge in [0.25, 0.3) is 0 Å². The third-order valence-corrected chi connectivity index (χ3v) is 5.78. The lowest BCUT2D eigenvalue weighted by molar-refractivity contribution is -0.123. The lowest BCUT2D eigenvalue weighted by atomic mass is 9.85. The van der Waals surface area contributed by atoms with E-state index in [0.717, 1.165) is 30.3 Å². The first-order valence-corrected chi connectivity index (χ1v) is 9.54. The highest BCUT2D eigenvalue weighted by Gasteiger charge is 2.38. The summed E-state index contributed by atoms with van der Waals surface area (Å²) in [4.78, 5) is 12.5. The highest BCUT2D eigenvalue weighted by atomic mass is 35.5. The summed E-state index contributed by atoms with van der Waals surface area (Å²) in [6.07, 6.45) is 8.70. The Hall–Kier alpha value is -1.26. The minimum absolute atomic E-state index is 0. The molecule has 1 aromatic carbocycles. The van der Waals surface area contributed by atoms with Gasteiger partial charge in [-0.15, -0.1) is 12.4 Å². The number of fused-ring (bicyclic) bond motifs is 1. The molecular weight excluding hydrogens is 336 g/mol. The highest BCUT2D eigenvalue weighted by molar-refractivity contribution is 5.85. The zero-order valence-electron chi connectivity index (χ0n) is 14.7. The monoisotopic (exact) mass is 364 g/mol. The molecule has 2 aliphatic carbocycles. The molecule has 2 saturated carbocycles. The van der Waals surface area contributed by atoms with E-state index in [1.807, 2.05) is 24.3 Å². The number of amides is 1. The van der Waals surface area contributed by atoms with Crippen molar-refractivity contribution in [2.24, 2.45) is 11.8 Å². The maximum atomic E-state index is 12.5. The van der Waals surface area contributed by atoms with Gasteiger partial charge in [0.05, 0.1) is 12.6 Å². The Morgan fingerprint density at radius 2 is 1.96 bits per heavy atom. The van der Waals surface area contributed by atoms with Crippen LogP contribution in [0, 0.1) is 11.8 Å². The van der Waals surface area contributed by atoms with Crippen LogP contribution in [0.5, 0.6) is 5.75 Å². The van der Waals surface area contributed by atoms with E-state index in [1.165, 1.54) is 38.5 Å². The van der Waals surface area contributed by atoms with Gasteiger partial charge in [0.2, 0.25) is 5.91 Å². The number of carbonyl (C=O) groups excluding carboxylic acids is 1. The molecule has 0 radical (unpaired) electrons. The molecule has 4 rings (SSSR count). The lowest BCUT2D eigenvalue weighted by Gasteiger charge is -2.24. The van der Waals surface area contributed by atoms with Crippen molar-refractivity contribution in [1.82, 2.24) is 10.6 Å². The van der Waals surface area contributed by atoms with E-state index in [2.05, 4.69) is 10.6 Å². The van der Waals surface area contributed by atoms with Crippen LogP contribution in [0.4, 0.5) is 0 Å². The molecule has 3 atom stereocenters. The van der Waals surface area contributed by atoms with Gasteiger partial charge in [0.15, 0.2) is 0 Å². The Bertz CT molecular complexity index is 577. The van der Waals surface area contributed by atoms with Gasteiger partial charge in [0, 0.05) is 18.2 Å². The van der Waals surface area contributed by atoms with Crippen LogP contribution in [0.3, 0.4) is 0 Å². The molecule has 1 aliphatic heterocycles. The summed E-state index contributed by atoms with van der Waals surface area (Å²) < 4.78 is 5.93. The molecule has 3 aliphatic rings. The normalized spacial score (nSPS) is 27.9. The molecule has 138 valence electrons. The Labute approximate surface area is 156 Å². The molecule has 0 bridgehead atoms. The first kappa shape index (κ1) is 18.5. The van der Waals surface area contributed by atoms with Crippen LogP contribution in [0.1, 0.15) is 50.5 Å². The number of halogens is 1. The Kier molecular flexibility index (Phi) is 6.24. The van der Waals surface area contributed by atoms with Gasteiger partial charge in [0.1, 0.15) is 5.75 Å². The third kappa shape index (κ3) is 4.68. The molecule has 1 amide bonds. The van der Waals surface area contributed by atoms with E-state index < -0.39 is 0 Å². The summed E-state index contributed by atoms with van der Waals surface area (Å²) in [5.74, 6) is 2.49. The fourth-order valence-electron chi connectivity index (χ4n) is 4.11. The van der Waals surface area contributed by atoms with Crippen molar-refractivity contribution in [3.05, 3.63) is 29.8 Å². The van der Waals surface area contributed by atoms with Gasteiger partial charge in [-0.3, -0.25) is 4.79 Å². The number of rotatable bonds is 6. The number of carbonyl (C=O) groups is 1. The van der Waals surface area contributed by atoms with Crippen molar-refractivity contribution in [3.8, 4) is 5.75 Å². The SMILES string of the molecule is Cl.O=C(NCc1ccccc1OCC1CC1)C1CC2CCCCC2N1. The van der Waals surface area contributed by atoms with Gasteiger partial charge in [-0.2, -0.15) is 0 Å². The zero-order chi connectivity index (χ0) is 16.4. The van der Waals surface area contributed by atoms with Crippen molar-refractivity contribution in [3.63, 3.8) is 0 Å². The molecule has 4 nitrogen and oxygen atoms in total. The minimum Gasteiger partial charge on any atom is -0.493 e. The van der Waals surface area contributed by atoms with Gasteiger partial charge < -0.3 is 15.4 Å². The summed E-state index contributed by atoms with van der Waals surface area (Å²) in [5.41, 5.74) is 1.07. The van der Waals surface area contributed by atoms with Crippen molar-refractivity contribution < 1.29 is 9.53 Å². The first-order valence-electron chi connectivity index (χ1n) is 9.54. The van der Waals surface area contributed by atoms with E-state index in [-0.39, 0.29) is 24.4 Å². The number of para-hydroxylation sites is 1. The van der Waals surface area contributed by atoms with Crippen LogP contribution in [-0.2, 0) is 11.3 Å². The van der Waals surface area contributed by atoms with Crippen LogP contribution >= 0.6 is 12.4 Å². The molecule has 0 aromatic heterocycles. The summed E-state index contributed by atoms with van der Waals surface area (Å²) >= 11 is 0. The van der Waals surface area contributed by atoms with Gasteiger partial charge >= 0.3 is 0 Å². The average Bonchev–Trinajstić information content (AvgIpc) is 3.34. The van der Waals surface area contributed by atoms with Gasteiger partial charge in [-0.05, 0) is 50.0 Å². The number of hydrogen-bond acceptors (Lipinski definition) is 3. The summed E-state index contributed by atoms with van der Waals surface area (Å²) in [6.45, 7) is 1.35. The Morgan fingerprint density at radius 1 is 1.16 bits per heavy atom. The molecule has 2 N–H and O–H groups in total. The molecule has 25 heavy (non-hydrogen) atoms. The maximum absolute atomic E-state index is 12.5. The van der Waals surface area contributed by atoms with Crippen LogP contribution in [-0.4, -0.2) is 24.6 Å². The van der Waals surface area contributed by atoms with E-state index in [0.29, 0.717) is 18.5 Å². The quantitative estimate of drug-likeness (QED) is 0.813. The second kappa shape index (κ2) is 8.41. The Balaban J connectivity index is 0.00000182. The molecule has 3 fully saturated rings. The molecule has 1 aromatic rings. The highest BCUT2D eigenvalue weighted by Crippen LogP contribution is 2.33. The molecule has 0 spiro atoms. The van der Waals surface area contributed by atoms with Gasteiger partial charge in [-0.25, -0.2) is 0 Å². The van der Waals surface area contributed by atoms with E-state index >= 15 is 0 Å². The Morgan fingerprint density at radius 3 is 2.76 bits per heavy atom. The first-order chi connectivity index (χ1) is 11.8. The summed E-state index contributed by atoms with van der Waals surface area (Å²) in [6, 6.07) is 8.60. The van der Waals surface area contributed by atoms with Crippen molar-refractivity contribution in [2.75, 3.05) is 6.61 Å². The predicted octanol–water partition coefficient (Wildman–Crippen LogP) is 3.43. The minimum atomic E-state index is -0.0161. The van der Waals surface area contributed by atoms with Crippen LogP contribution < -0.4 is 15.4 Å².